The highest BCUT2D eigenvalue weighted by Gasteiger charge is 2.42. The number of ether oxygens (including phenoxy) is 3. The molecule has 2 aromatic carbocycles. The first-order chi connectivity index (χ1) is 16.0. The van der Waals surface area contributed by atoms with Gasteiger partial charge < -0.3 is 19.3 Å². The molecule has 2 aliphatic rings. The van der Waals surface area contributed by atoms with Crippen LogP contribution in [0.4, 0.5) is 4.79 Å². The Kier molecular flexibility index (Phi) is 6.74. The number of aliphatic carboxylic acids is 1. The van der Waals surface area contributed by atoms with Crippen LogP contribution in [0.5, 0.6) is 0 Å². The van der Waals surface area contributed by atoms with E-state index in [1.807, 2.05) is 48.5 Å². The Morgan fingerprint density at radius 3 is 2.27 bits per heavy atom. The first-order valence-electron chi connectivity index (χ1n) is 10.7. The van der Waals surface area contributed by atoms with Gasteiger partial charge in [0.25, 0.3) is 0 Å². The number of carboxylic acid groups (broad SMARTS) is 1. The Morgan fingerprint density at radius 2 is 1.67 bits per heavy atom. The molecule has 0 aromatic heterocycles. The number of esters is 1. The van der Waals surface area contributed by atoms with Gasteiger partial charge in [-0.2, -0.15) is 0 Å². The van der Waals surface area contributed by atoms with Gasteiger partial charge in [-0.15, -0.1) is 0 Å². The number of rotatable bonds is 8. The average Bonchev–Trinajstić information content (AvgIpc) is 3.39. The van der Waals surface area contributed by atoms with Gasteiger partial charge in [-0.25, -0.2) is 14.4 Å². The topological polar surface area (TPSA) is 102 Å². The standard InChI is InChI=1S/C25H25NO7/c1-2-11-31-24(29)22-12-16(32-15-23(27)28)13-26(22)25(30)33-14-21-19-9-5-3-7-17(19)18-8-4-6-10-20(18)21/h2-10,16,21-22H,1,11-15H2,(H,27,28). The number of benzene rings is 2. The molecule has 1 N–H and O–H groups in total. The van der Waals surface area contributed by atoms with E-state index in [2.05, 4.69) is 6.58 Å². The fourth-order valence-corrected chi connectivity index (χ4v) is 4.45. The van der Waals surface area contributed by atoms with Crippen LogP contribution in [0.2, 0.25) is 0 Å². The average molecular weight is 451 g/mol. The number of amides is 1. The summed E-state index contributed by atoms with van der Waals surface area (Å²) in [5, 5.41) is 8.87. The Balaban J connectivity index is 1.47. The van der Waals surface area contributed by atoms with Crippen LogP contribution in [0.1, 0.15) is 23.5 Å². The second-order valence-corrected chi connectivity index (χ2v) is 7.95. The highest BCUT2D eigenvalue weighted by Crippen LogP contribution is 2.44. The number of nitrogens with zero attached hydrogens (tertiary/aromatic N) is 1. The Bertz CT molecular complexity index is 1020. The lowest BCUT2D eigenvalue weighted by Crippen LogP contribution is -2.42. The lowest BCUT2D eigenvalue weighted by Gasteiger charge is -2.23. The lowest BCUT2D eigenvalue weighted by atomic mass is 9.98. The summed E-state index contributed by atoms with van der Waals surface area (Å²) in [6, 6.07) is 15.1. The molecular weight excluding hydrogens is 426 g/mol. The van der Waals surface area contributed by atoms with Crippen molar-refractivity contribution in [1.29, 1.82) is 0 Å². The molecule has 1 saturated heterocycles. The summed E-state index contributed by atoms with van der Waals surface area (Å²) < 4.78 is 16.1. The fraction of sp³-hybridized carbons (Fsp3) is 0.320. The number of hydrogen-bond acceptors (Lipinski definition) is 6. The first kappa shape index (κ1) is 22.5. The zero-order valence-corrected chi connectivity index (χ0v) is 18.0. The van der Waals surface area contributed by atoms with Gasteiger partial charge in [0.1, 0.15) is 25.9 Å². The van der Waals surface area contributed by atoms with Gasteiger partial charge in [0.15, 0.2) is 0 Å². The zero-order valence-electron chi connectivity index (χ0n) is 18.0. The summed E-state index contributed by atoms with van der Waals surface area (Å²) in [7, 11) is 0. The van der Waals surface area contributed by atoms with Gasteiger partial charge in [-0.05, 0) is 22.3 Å². The number of hydrogen-bond donors (Lipinski definition) is 1. The van der Waals surface area contributed by atoms with Gasteiger partial charge in [-0.1, -0.05) is 61.2 Å². The van der Waals surface area contributed by atoms with Gasteiger partial charge in [0, 0.05) is 12.3 Å². The predicted octanol–water partition coefficient (Wildman–Crippen LogP) is 3.21. The molecule has 4 rings (SSSR count). The van der Waals surface area contributed by atoms with E-state index in [9.17, 15) is 14.4 Å². The minimum absolute atomic E-state index is 0.00845. The molecule has 1 fully saturated rings. The van der Waals surface area contributed by atoms with E-state index in [0.717, 1.165) is 22.3 Å². The fourth-order valence-electron chi connectivity index (χ4n) is 4.45. The summed E-state index contributed by atoms with van der Waals surface area (Å²) in [6.45, 7) is 3.16. The molecule has 33 heavy (non-hydrogen) atoms. The van der Waals surface area contributed by atoms with Crippen LogP contribution in [0.15, 0.2) is 61.2 Å². The number of fused-ring (bicyclic) bond motifs is 3. The molecule has 2 unspecified atom stereocenters. The highest BCUT2D eigenvalue weighted by molar-refractivity contribution is 5.83. The molecule has 8 nitrogen and oxygen atoms in total. The summed E-state index contributed by atoms with van der Waals surface area (Å²) >= 11 is 0. The van der Waals surface area contributed by atoms with Crippen LogP contribution >= 0.6 is 0 Å². The van der Waals surface area contributed by atoms with Crippen molar-refractivity contribution in [3.8, 4) is 11.1 Å². The Labute approximate surface area is 191 Å². The third-order valence-electron chi connectivity index (χ3n) is 5.89. The summed E-state index contributed by atoms with van der Waals surface area (Å²) in [5.74, 6) is -1.85. The minimum Gasteiger partial charge on any atom is -0.480 e. The van der Waals surface area contributed by atoms with Crippen LogP contribution in [0.3, 0.4) is 0 Å². The number of carbonyl (C=O) groups is 3. The van der Waals surface area contributed by atoms with E-state index in [4.69, 9.17) is 19.3 Å². The van der Waals surface area contributed by atoms with Crippen LogP contribution in [0, 0.1) is 0 Å². The maximum atomic E-state index is 13.0. The zero-order chi connectivity index (χ0) is 23.4. The van der Waals surface area contributed by atoms with Crippen molar-refractivity contribution in [1.82, 2.24) is 4.90 Å². The number of likely N-dealkylation sites (tertiary alicyclic amines) is 1. The summed E-state index contributed by atoms with van der Waals surface area (Å²) in [5.41, 5.74) is 4.39. The predicted molar refractivity (Wildman–Crippen MR) is 119 cm³/mol. The van der Waals surface area contributed by atoms with Crippen molar-refractivity contribution in [3.05, 3.63) is 72.3 Å². The molecule has 1 amide bonds. The van der Waals surface area contributed by atoms with Gasteiger partial charge in [0.05, 0.1) is 12.6 Å². The van der Waals surface area contributed by atoms with Crippen molar-refractivity contribution in [2.45, 2.75) is 24.5 Å². The molecule has 8 heteroatoms. The molecule has 1 aliphatic heterocycles. The van der Waals surface area contributed by atoms with Crippen LogP contribution in [-0.4, -0.2) is 66.5 Å². The maximum Gasteiger partial charge on any atom is 0.410 e. The molecule has 0 saturated carbocycles. The molecule has 2 aromatic rings. The highest BCUT2D eigenvalue weighted by atomic mass is 16.6. The SMILES string of the molecule is C=CCOC(=O)C1CC(OCC(=O)O)CN1C(=O)OCC1c2ccccc2-c2ccccc21. The molecule has 172 valence electrons. The lowest BCUT2D eigenvalue weighted by molar-refractivity contribution is -0.147. The monoisotopic (exact) mass is 451 g/mol. The van der Waals surface area contributed by atoms with Crippen molar-refractivity contribution in [3.63, 3.8) is 0 Å². The molecule has 1 heterocycles. The first-order valence-corrected chi connectivity index (χ1v) is 10.7. The Morgan fingerprint density at radius 1 is 1.03 bits per heavy atom. The largest absolute Gasteiger partial charge is 0.480 e. The number of carbonyl (C=O) groups excluding carboxylic acids is 2. The summed E-state index contributed by atoms with van der Waals surface area (Å²) in [4.78, 5) is 37.6. The smallest absolute Gasteiger partial charge is 0.410 e. The second-order valence-electron chi connectivity index (χ2n) is 7.95. The van der Waals surface area contributed by atoms with Crippen molar-refractivity contribution in [2.75, 3.05) is 26.4 Å². The molecular formula is C25H25NO7. The quantitative estimate of drug-likeness (QED) is 0.486. The van der Waals surface area contributed by atoms with Crippen LogP contribution < -0.4 is 0 Å². The molecule has 0 bridgehead atoms. The maximum absolute atomic E-state index is 13.0. The van der Waals surface area contributed by atoms with Gasteiger partial charge in [-0.3, -0.25) is 4.90 Å². The van der Waals surface area contributed by atoms with E-state index in [1.54, 1.807) is 0 Å². The van der Waals surface area contributed by atoms with Gasteiger partial charge in [0.2, 0.25) is 0 Å². The van der Waals surface area contributed by atoms with Crippen molar-refractivity contribution in [2.24, 2.45) is 0 Å². The van der Waals surface area contributed by atoms with E-state index >= 15 is 0 Å². The van der Waals surface area contributed by atoms with Crippen LogP contribution in [-0.2, 0) is 23.8 Å². The Hall–Kier alpha value is -3.65. The summed E-state index contributed by atoms with van der Waals surface area (Å²) in [6.07, 6.45) is 0.290. The van der Waals surface area contributed by atoms with E-state index < -0.39 is 36.8 Å². The second kappa shape index (κ2) is 9.87. The van der Waals surface area contributed by atoms with Crippen molar-refractivity contribution < 1.29 is 33.7 Å². The third-order valence-corrected chi connectivity index (χ3v) is 5.89. The molecule has 0 spiro atoms. The molecule has 1 aliphatic carbocycles. The normalized spacial score (nSPS) is 19.0. The number of carboxylic acids is 1. The van der Waals surface area contributed by atoms with E-state index in [-0.39, 0.29) is 32.1 Å². The van der Waals surface area contributed by atoms with E-state index in [1.165, 1.54) is 11.0 Å². The molecule has 2 atom stereocenters. The minimum atomic E-state index is -1.12. The third kappa shape index (κ3) is 4.75. The van der Waals surface area contributed by atoms with Crippen molar-refractivity contribution >= 4 is 18.0 Å². The van der Waals surface area contributed by atoms with E-state index in [0.29, 0.717) is 0 Å². The van der Waals surface area contributed by atoms with Gasteiger partial charge >= 0.3 is 18.0 Å². The molecule has 0 radical (unpaired) electrons. The van der Waals surface area contributed by atoms with Crippen LogP contribution in [0.25, 0.3) is 11.1 Å².